The molecule has 1 aromatic rings. The lowest BCUT2D eigenvalue weighted by atomic mass is 9.70. The molecule has 2 atom stereocenters. The summed E-state index contributed by atoms with van der Waals surface area (Å²) in [4.78, 5) is 11.9. The molecule has 0 saturated heterocycles. The molecule has 0 saturated carbocycles. The van der Waals surface area contributed by atoms with Crippen LogP contribution in [0.1, 0.15) is 45.1 Å². The molecule has 1 aliphatic heterocycles. The van der Waals surface area contributed by atoms with E-state index in [1.807, 2.05) is 24.3 Å². The average molecular weight is 262 g/mol. The molecule has 0 spiro atoms. The van der Waals surface area contributed by atoms with Crippen molar-refractivity contribution >= 4 is 5.97 Å². The van der Waals surface area contributed by atoms with Gasteiger partial charge in [-0.2, -0.15) is 0 Å². The molecule has 0 amide bonds. The maximum Gasteiger partial charge on any atom is 0.314 e. The minimum absolute atomic E-state index is 0.409. The molecule has 0 bridgehead atoms. The van der Waals surface area contributed by atoms with Crippen LogP contribution in [0.4, 0.5) is 0 Å². The van der Waals surface area contributed by atoms with E-state index in [9.17, 15) is 9.90 Å². The number of hydrogen-bond donors (Lipinski definition) is 1. The molecule has 3 nitrogen and oxygen atoms in total. The lowest BCUT2D eigenvalue weighted by molar-refractivity contribution is -0.146. The number of carbonyl (C=O) groups is 1. The second-order valence-corrected chi connectivity index (χ2v) is 5.58. The molecular formula is C16H22O3. The molecule has 0 aromatic heterocycles. The van der Waals surface area contributed by atoms with Crippen LogP contribution in [-0.4, -0.2) is 17.7 Å². The van der Waals surface area contributed by atoms with Gasteiger partial charge in [-0.15, -0.1) is 0 Å². The molecule has 2 rings (SSSR count). The topological polar surface area (TPSA) is 46.5 Å². The molecular weight excluding hydrogens is 240 g/mol. The number of benzene rings is 1. The largest absolute Gasteiger partial charge is 0.493 e. The highest BCUT2D eigenvalue weighted by molar-refractivity contribution is 5.83. The van der Waals surface area contributed by atoms with E-state index < -0.39 is 11.4 Å². The average Bonchev–Trinajstić information content (AvgIpc) is 2.39. The summed E-state index contributed by atoms with van der Waals surface area (Å²) in [5.74, 6) is 0.429. The van der Waals surface area contributed by atoms with E-state index in [-0.39, 0.29) is 0 Å². The molecule has 1 heterocycles. The standard InChI is InChI=1S/C16H22O3/c1-3-6-12(2)11-16(15(17)18)9-10-19-14-8-5-4-7-13(14)16/h4-5,7-8,12H,3,6,9-11H2,1-2H3,(H,17,18). The van der Waals surface area contributed by atoms with E-state index in [4.69, 9.17) is 4.74 Å². The maximum absolute atomic E-state index is 11.9. The van der Waals surface area contributed by atoms with Crippen LogP contribution in [0.2, 0.25) is 0 Å². The van der Waals surface area contributed by atoms with Crippen molar-refractivity contribution < 1.29 is 14.6 Å². The van der Waals surface area contributed by atoms with Gasteiger partial charge >= 0.3 is 5.97 Å². The summed E-state index contributed by atoms with van der Waals surface area (Å²) < 4.78 is 5.61. The Bertz CT molecular complexity index is 455. The number of carboxylic acid groups (broad SMARTS) is 1. The molecule has 2 unspecified atom stereocenters. The highest BCUT2D eigenvalue weighted by Gasteiger charge is 2.45. The van der Waals surface area contributed by atoms with Crippen molar-refractivity contribution in [3.05, 3.63) is 29.8 Å². The third-order valence-corrected chi connectivity index (χ3v) is 4.08. The SMILES string of the molecule is CCCC(C)CC1(C(=O)O)CCOc2ccccc21. The van der Waals surface area contributed by atoms with Crippen LogP contribution < -0.4 is 4.74 Å². The quantitative estimate of drug-likeness (QED) is 0.881. The van der Waals surface area contributed by atoms with E-state index in [0.29, 0.717) is 25.4 Å². The molecule has 104 valence electrons. The predicted molar refractivity (Wildman–Crippen MR) is 74.6 cm³/mol. The van der Waals surface area contributed by atoms with E-state index in [1.165, 1.54) is 0 Å². The van der Waals surface area contributed by atoms with E-state index >= 15 is 0 Å². The minimum atomic E-state index is -0.774. The Hall–Kier alpha value is -1.51. The summed E-state index contributed by atoms with van der Waals surface area (Å²) in [6.45, 7) is 4.77. The van der Waals surface area contributed by atoms with Crippen LogP contribution in [0.25, 0.3) is 0 Å². The van der Waals surface area contributed by atoms with Gasteiger partial charge in [-0.25, -0.2) is 0 Å². The van der Waals surface area contributed by atoms with Crippen LogP contribution >= 0.6 is 0 Å². The third kappa shape index (κ3) is 2.60. The van der Waals surface area contributed by atoms with E-state index in [2.05, 4.69) is 13.8 Å². The van der Waals surface area contributed by atoms with Gasteiger partial charge in [0, 0.05) is 12.0 Å². The highest BCUT2D eigenvalue weighted by atomic mass is 16.5. The first-order valence-electron chi connectivity index (χ1n) is 7.06. The van der Waals surface area contributed by atoms with Crippen LogP contribution in [0.15, 0.2) is 24.3 Å². The van der Waals surface area contributed by atoms with Crippen LogP contribution in [0.3, 0.4) is 0 Å². The van der Waals surface area contributed by atoms with Gasteiger partial charge in [0.05, 0.1) is 12.0 Å². The summed E-state index contributed by atoms with van der Waals surface area (Å²) >= 11 is 0. The number of carboxylic acids is 1. The molecule has 0 radical (unpaired) electrons. The fourth-order valence-corrected chi connectivity index (χ4v) is 3.17. The van der Waals surface area contributed by atoms with Gasteiger partial charge in [0.1, 0.15) is 5.75 Å². The van der Waals surface area contributed by atoms with E-state index in [0.717, 1.165) is 24.2 Å². The van der Waals surface area contributed by atoms with Gasteiger partial charge in [0.25, 0.3) is 0 Å². The van der Waals surface area contributed by atoms with Crippen molar-refractivity contribution in [1.29, 1.82) is 0 Å². The third-order valence-electron chi connectivity index (χ3n) is 4.08. The number of para-hydroxylation sites is 1. The Balaban J connectivity index is 2.38. The lowest BCUT2D eigenvalue weighted by Gasteiger charge is -2.37. The normalized spacial score (nSPS) is 23.3. The molecule has 3 heteroatoms. The number of rotatable bonds is 5. The van der Waals surface area contributed by atoms with Crippen molar-refractivity contribution in [3.63, 3.8) is 0 Å². The van der Waals surface area contributed by atoms with Crippen molar-refractivity contribution in [1.82, 2.24) is 0 Å². The molecule has 19 heavy (non-hydrogen) atoms. The minimum Gasteiger partial charge on any atom is -0.493 e. The second kappa shape index (κ2) is 5.64. The first kappa shape index (κ1) is 13.9. The Labute approximate surface area is 114 Å². The monoisotopic (exact) mass is 262 g/mol. The number of aliphatic carboxylic acids is 1. The van der Waals surface area contributed by atoms with Crippen LogP contribution in [0, 0.1) is 5.92 Å². The number of ether oxygens (including phenoxy) is 1. The molecule has 0 fully saturated rings. The van der Waals surface area contributed by atoms with Gasteiger partial charge in [-0.1, -0.05) is 44.9 Å². The molecule has 0 aliphatic carbocycles. The maximum atomic E-state index is 11.9. The first-order valence-corrected chi connectivity index (χ1v) is 7.06. The fourth-order valence-electron chi connectivity index (χ4n) is 3.17. The van der Waals surface area contributed by atoms with Crippen LogP contribution in [-0.2, 0) is 10.2 Å². The van der Waals surface area contributed by atoms with Gasteiger partial charge in [0.15, 0.2) is 0 Å². The molecule has 1 N–H and O–H groups in total. The van der Waals surface area contributed by atoms with Crippen molar-refractivity contribution in [2.75, 3.05) is 6.61 Å². The smallest absolute Gasteiger partial charge is 0.314 e. The summed E-state index contributed by atoms with van der Waals surface area (Å²) in [5, 5.41) is 9.80. The predicted octanol–water partition coefficient (Wildman–Crippen LogP) is 3.62. The zero-order valence-electron chi connectivity index (χ0n) is 11.7. The first-order chi connectivity index (χ1) is 9.10. The fraction of sp³-hybridized carbons (Fsp3) is 0.562. The summed E-state index contributed by atoms with van der Waals surface area (Å²) in [6.07, 6.45) is 3.41. The van der Waals surface area contributed by atoms with E-state index in [1.54, 1.807) is 0 Å². The molecule has 1 aliphatic rings. The van der Waals surface area contributed by atoms with Gasteiger partial charge in [-0.3, -0.25) is 4.79 Å². The number of hydrogen-bond acceptors (Lipinski definition) is 2. The Morgan fingerprint density at radius 1 is 1.47 bits per heavy atom. The Morgan fingerprint density at radius 3 is 2.89 bits per heavy atom. The van der Waals surface area contributed by atoms with Gasteiger partial charge in [0.2, 0.25) is 0 Å². The Morgan fingerprint density at radius 2 is 2.21 bits per heavy atom. The number of fused-ring (bicyclic) bond motifs is 1. The van der Waals surface area contributed by atoms with Crippen molar-refractivity contribution in [2.24, 2.45) is 5.92 Å². The summed E-state index contributed by atoms with van der Waals surface area (Å²) in [6, 6.07) is 7.57. The van der Waals surface area contributed by atoms with Crippen LogP contribution in [0.5, 0.6) is 5.75 Å². The second-order valence-electron chi connectivity index (χ2n) is 5.58. The summed E-state index contributed by atoms with van der Waals surface area (Å²) in [7, 11) is 0. The zero-order valence-corrected chi connectivity index (χ0v) is 11.7. The highest BCUT2D eigenvalue weighted by Crippen LogP contribution is 2.43. The Kier molecular flexibility index (Phi) is 4.13. The lowest BCUT2D eigenvalue weighted by Crippen LogP contribution is -2.41. The van der Waals surface area contributed by atoms with Crippen molar-refractivity contribution in [3.8, 4) is 5.75 Å². The zero-order chi connectivity index (χ0) is 13.9. The summed E-state index contributed by atoms with van der Waals surface area (Å²) in [5.41, 5.74) is 0.0698. The van der Waals surface area contributed by atoms with Crippen molar-refractivity contribution in [2.45, 2.75) is 44.9 Å². The van der Waals surface area contributed by atoms with Gasteiger partial charge in [-0.05, 0) is 18.4 Å². The van der Waals surface area contributed by atoms with Gasteiger partial charge < -0.3 is 9.84 Å². The molecule has 1 aromatic carbocycles.